The molecule has 102 valence electrons. The molecule has 0 radical (unpaired) electrons. The van der Waals surface area contributed by atoms with Gasteiger partial charge in [0.25, 0.3) is 0 Å². The Kier molecular flexibility index (Phi) is 3.06. The van der Waals surface area contributed by atoms with Crippen LogP contribution in [0.4, 0.5) is 0 Å². The molecule has 0 bridgehead atoms. The van der Waals surface area contributed by atoms with E-state index in [-0.39, 0.29) is 0 Å². The van der Waals surface area contributed by atoms with Crippen molar-refractivity contribution in [2.45, 2.75) is 0 Å². The summed E-state index contributed by atoms with van der Waals surface area (Å²) < 4.78 is 4.53. The zero-order chi connectivity index (χ0) is 14.1. The molecule has 0 saturated carbocycles. The average molecular weight is 291 g/mol. The third-order valence-electron chi connectivity index (χ3n) is 3.44. The molecule has 0 aliphatic carbocycles. The number of rotatable bonds is 3. The van der Waals surface area contributed by atoms with E-state index < -0.39 is 8.22 Å². The van der Waals surface area contributed by atoms with Crippen LogP contribution >= 0.6 is 8.22 Å². The molecule has 0 saturated heterocycles. The van der Waals surface area contributed by atoms with E-state index in [1.807, 2.05) is 12.3 Å². The first kappa shape index (κ1) is 12.4. The molecular formula is C17H14N3P. The Morgan fingerprint density at radius 3 is 2.00 bits per heavy atom. The molecule has 0 aliphatic heterocycles. The largest absolute Gasteiger partial charge is 0.312 e. The van der Waals surface area contributed by atoms with Gasteiger partial charge in [-0.15, -0.1) is 0 Å². The van der Waals surface area contributed by atoms with Gasteiger partial charge in [-0.05, 0) is 36.4 Å². The zero-order valence-corrected chi connectivity index (χ0v) is 12.3. The molecule has 0 fully saturated rings. The lowest BCUT2D eigenvalue weighted by Crippen LogP contribution is -2.13. The van der Waals surface area contributed by atoms with Crippen LogP contribution < -0.4 is 5.30 Å². The Labute approximate surface area is 124 Å². The first-order valence-electron chi connectivity index (χ1n) is 6.84. The van der Waals surface area contributed by atoms with Gasteiger partial charge in [-0.1, -0.05) is 18.2 Å². The molecule has 3 aromatic heterocycles. The lowest BCUT2D eigenvalue weighted by molar-refractivity contribution is 1.15. The van der Waals surface area contributed by atoms with Gasteiger partial charge < -0.3 is 8.68 Å². The van der Waals surface area contributed by atoms with Crippen LogP contribution in [-0.2, 0) is 0 Å². The van der Waals surface area contributed by atoms with Crippen molar-refractivity contribution in [2.75, 3.05) is 0 Å². The molecule has 0 aliphatic rings. The van der Waals surface area contributed by atoms with E-state index in [1.54, 1.807) is 0 Å². The highest BCUT2D eigenvalue weighted by Crippen LogP contribution is 2.39. The van der Waals surface area contributed by atoms with Crippen LogP contribution in [0.15, 0.2) is 85.6 Å². The van der Waals surface area contributed by atoms with Gasteiger partial charge in [-0.2, -0.15) is 0 Å². The molecule has 0 N–H and O–H groups in total. The Bertz CT molecular complexity index is 811. The van der Waals surface area contributed by atoms with Crippen molar-refractivity contribution in [3.05, 3.63) is 85.6 Å². The number of hydrogen-bond acceptors (Lipinski definition) is 1. The number of benzene rings is 1. The minimum atomic E-state index is -0.701. The monoisotopic (exact) mass is 291 g/mol. The highest BCUT2D eigenvalue weighted by molar-refractivity contribution is 7.63. The molecule has 0 unspecified atom stereocenters. The molecule has 4 heteroatoms. The van der Waals surface area contributed by atoms with E-state index in [1.165, 1.54) is 10.7 Å². The van der Waals surface area contributed by atoms with E-state index >= 15 is 0 Å². The maximum Gasteiger partial charge on any atom is 0.138 e. The second-order valence-corrected chi connectivity index (χ2v) is 6.75. The standard InChI is InChI=1S/C17H14N3P/c1-2-12-19(11-1)21(20-13-3-4-14-20)16-9-5-7-15-8-6-10-18-17(15)16/h1-14H. The van der Waals surface area contributed by atoms with Crippen molar-refractivity contribution in [3.8, 4) is 0 Å². The first-order chi connectivity index (χ1) is 10.4. The maximum absolute atomic E-state index is 4.61. The highest BCUT2D eigenvalue weighted by atomic mass is 31.1. The van der Waals surface area contributed by atoms with E-state index in [4.69, 9.17) is 0 Å². The van der Waals surface area contributed by atoms with E-state index in [0.717, 1.165) is 5.52 Å². The topological polar surface area (TPSA) is 22.8 Å². The maximum atomic E-state index is 4.61. The quantitative estimate of drug-likeness (QED) is 0.525. The number of para-hydroxylation sites is 1. The number of nitrogens with zero attached hydrogens (tertiary/aromatic N) is 3. The fourth-order valence-corrected chi connectivity index (χ4v) is 4.67. The smallest absolute Gasteiger partial charge is 0.138 e. The Hall–Kier alpha value is -2.38. The summed E-state index contributed by atoms with van der Waals surface area (Å²) in [6.45, 7) is 0. The van der Waals surface area contributed by atoms with E-state index in [0.29, 0.717) is 0 Å². The second-order valence-electron chi connectivity index (χ2n) is 4.77. The number of hydrogen-bond donors (Lipinski definition) is 0. The second kappa shape index (κ2) is 5.19. The van der Waals surface area contributed by atoms with Gasteiger partial charge in [0.1, 0.15) is 8.22 Å². The molecule has 3 nitrogen and oxygen atoms in total. The van der Waals surface area contributed by atoms with E-state index in [9.17, 15) is 0 Å². The van der Waals surface area contributed by atoms with Crippen LogP contribution in [0.25, 0.3) is 10.9 Å². The van der Waals surface area contributed by atoms with Gasteiger partial charge in [0.15, 0.2) is 0 Å². The van der Waals surface area contributed by atoms with Crippen LogP contribution in [0.3, 0.4) is 0 Å². The summed E-state index contributed by atoms with van der Waals surface area (Å²) in [5.74, 6) is 0. The van der Waals surface area contributed by atoms with E-state index in [2.05, 4.69) is 87.0 Å². The summed E-state index contributed by atoms with van der Waals surface area (Å²) in [7, 11) is -0.701. The van der Waals surface area contributed by atoms with Crippen LogP contribution in [0.2, 0.25) is 0 Å². The van der Waals surface area contributed by atoms with Gasteiger partial charge in [0.05, 0.1) is 5.52 Å². The molecular weight excluding hydrogens is 277 g/mol. The van der Waals surface area contributed by atoms with Gasteiger partial charge in [-0.25, -0.2) is 0 Å². The molecule has 0 atom stereocenters. The summed E-state index contributed by atoms with van der Waals surface area (Å²) in [5.41, 5.74) is 1.08. The van der Waals surface area contributed by atoms with Crippen molar-refractivity contribution >= 4 is 24.4 Å². The SMILES string of the molecule is c1cnc2c(P(n3cccc3)n3cccc3)cccc2c1. The fraction of sp³-hybridized carbons (Fsp3) is 0. The van der Waals surface area contributed by atoms with Crippen LogP contribution in [-0.4, -0.2) is 13.7 Å². The third kappa shape index (κ3) is 2.16. The van der Waals surface area contributed by atoms with Gasteiger partial charge >= 0.3 is 0 Å². The summed E-state index contributed by atoms with van der Waals surface area (Å²) in [6.07, 6.45) is 10.3. The zero-order valence-electron chi connectivity index (χ0n) is 11.4. The van der Waals surface area contributed by atoms with Crippen molar-refractivity contribution in [2.24, 2.45) is 0 Å². The van der Waals surface area contributed by atoms with Crippen molar-refractivity contribution in [1.29, 1.82) is 0 Å². The van der Waals surface area contributed by atoms with Crippen molar-refractivity contribution in [3.63, 3.8) is 0 Å². The van der Waals surface area contributed by atoms with Crippen molar-refractivity contribution in [1.82, 2.24) is 13.7 Å². The first-order valence-corrected chi connectivity index (χ1v) is 8.08. The molecule has 0 amide bonds. The lowest BCUT2D eigenvalue weighted by atomic mass is 10.2. The Balaban J connectivity index is 1.98. The minimum absolute atomic E-state index is 0.701. The summed E-state index contributed by atoms with van der Waals surface area (Å²) in [6, 6.07) is 18.8. The molecule has 1 aromatic carbocycles. The Morgan fingerprint density at radius 2 is 1.33 bits per heavy atom. The number of aromatic nitrogens is 3. The molecule has 4 rings (SSSR count). The predicted molar refractivity (Wildman–Crippen MR) is 88.0 cm³/mol. The van der Waals surface area contributed by atoms with Gasteiger partial charge in [-0.3, -0.25) is 4.98 Å². The minimum Gasteiger partial charge on any atom is -0.312 e. The van der Waals surface area contributed by atoms with Crippen LogP contribution in [0.5, 0.6) is 0 Å². The summed E-state index contributed by atoms with van der Waals surface area (Å²) >= 11 is 0. The number of fused-ring (bicyclic) bond motifs is 1. The summed E-state index contributed by atoms with van der Waals surface area (Å²) in [4.78, 5) is 4.61. The van der Waals surface area contributed by atoms with Gasteiger partial charge in [0.2, 0.25) is 0 Å². The van der Waals surface area contributed by atoms with Crippen LogP contribution in [0, 0.1) is 0 Å². The Morgan fingerprint density at radius 1 is 0.714 bits per heavy atom. The third-order valence-corrected chi connectivity index (χ3v) is 5.64. The fourth-order valence-electron chi connectivity index (χ4n) is 2.52. The highest BCUT2D eigenvalue weighted by Gasteiger charge is 2.18. The summed E-state index contributed by atoms with van der Waals surface area (Å²) in [5, 5.41) is 2.44. The molecule has 4 aromatic rings. The van der Waals surface area contributed by atoms with Gasteiger partial charge in [0, 0.05) is 41.7 Å². The van der Waals surface area contributed by atoms with Crippen LogP contribution in [0.1, 0.15) is 0 Å². The molecule has 3 heterocycles. The molecule has 0 spiro atoms. The normalized spacial score (nSPS) is 11.3. The predicted octanol–water partition coefficient (Wildman–Crippen LogP) is 3.87. The average Bonchev–Trinajstić information content (AvgIpc) is 3.22. The number of pyridine rings is 1. The molecule has 21 heavy (non-hydrogen) atoms. The lowest BCUT2D eigenvalue weighted by Gasteiger charge is -2.21. The van der Waals surface area contributed by atoms with Crippen molar-refractivity contribution < 1.29 is 0 Å².